The van der Waals surface area contributed by atoms with Gasteiger partial charge in [-0.2, -0.15) is 11.8 Å². The van der Waals surface area contributed by atoms with E-state index in [9.17, 15) is 4.79 Å². The maximum Gasteiger partial charge on any atom is 0.408 e. The molecule has 0 aliphatic rings. The van der Waals surface area contributed by atoms with E-state index in [0.29, 0.717) is 6.54 Å². The zero-order chi connectivity index (χ0) is 17.9. The van der Waals surface area contributed by atoms with Gasteiger partial charge in [0.25, 0.3) is 0 Å². The van der Waals surface area contributed by atoms with Crippen LogP contribution in [0.1, 0.15) is 47.5 Å². The maximum atomic E-state index is 12.1. The predicted octanol–water partition coefficient (Wildman–Crippen LogP) is 2.60. The van der Waals surface area contributed by atoms with E-state index in [1.54, 1.807) is 18.8 Å². The van der Waals surface area contributed by atoms with E-state index in [1.165, 1.54) is 0 Å². The Bertz CT molecular complexity index is 377. The fourth-order valence-corrected chi connectivity index (χ4v) is 2.29. The molecule has 0 saturated carbocycles. The summed E-state index contributed by atoms with van der Waals surface area (Å²) in [6, 6.07) is 0. The maximum absolute atomic E-state index is 12.1. The molecule has 3 N–H and O–H groups in total. The van der Waals surface area contributed by atoms with Crippen LogP contribution in [-0.2, 0) is 4.74 Å². The highest BCUT2D eigenvalue weighted by atomic mass is 32.2. The Hall–Kier alpha value is -1.11. The lowest BCUT2D eigenvalue weighted by atomic mass is 9.93. The van der Waals surface area contributed by atoms with Gasteiger partial charge in [-0.25, -0.2) is 4.79 Å². The van der Waals surface area contributed by atoms with Crippen molar-refractivity contribution < 1.29 is 9.53 Å². The molecule has 0 fully saturated rings. The van der Waals surface area contributed by atoms with Crippen molar-refractivity contribution in [2.24, 2.45) is 4.99 Å². The molecule has 0 aliphatic heterocycles. The third-order valence-corrected chi connectivity index (χ3v) is 4.15. The first-order valence-corrected chi connectivity index (χ1v) is 9.56. The fourth-order valence-electron chi connectivity index (χ4n) is 1.99. The van der Waals surface area contributed by atoms with Crippen molar-refractivity contribution in [3.8, 4) is 0 Å². The normalized spacial score (nSPS) is 12.7. The Morgan fingerprint density at radius 2 is 1.78 bits per heavy atom. The van der Waals surface area contributed by atoms with Gasteiger partial charge in [0.15, 0.2) is 5.96 Å². The minimum Gasteiger partial charge on any atom is -0.444 e. The second-order valence-electron chi connectivity index (χ2n) is 6.46. The Kier molecular flexibility index (Phi) is 10.1. The van der Waals surface area contributed by atoms with E-state index >= 15 is 0 Å². The van der Waals surface area contributed by atoms with Crippen LogP contribution in [0, 0.1) is 0 Å². The smallest absolute Gasteiger partial charge is 0.408 e. The molecule has 0 saturated heterocycles. The first-order valence-electron chi connectivity index (χ1n) is 8.16. The third kappa shape index (κ3) is 9.58. The molecular formula is C16H34N4O2S. The number of thioether (sulfide) groups is 1. The van der Waals surface area contributed by atoms with Gasteiger partial charge in [0.05, 0.1) is 5.54 Å². The monoisotopic (exact) mass is 346 g/mol. The summed E-state index contributed by atoms with van der Waals surface area (Å²) in [7, 11) is 1.75. The van der Waals surface area contributed by atoms with Crippen LogP contribution in [0.25, 0.3) is 0 Å². The number of ether oxygens (including phenoxy) is 1. The lowest BCUT2D eigenvalue weighted by Gasteiger charge is -2.34. The first-order chi connectivity index (χ1) is 10.7. The number of hydrogen-bond acceptors (Lipinski definition) is 4. The van der Waals surface area contributed by atoms with Crippen molar-refractivity contribution in [1.29, 1.82) is 0 Å². The highest BCUT2D eigenvalue weighted by Gasteiger charge is 2.30. The highest BCUT2D eigenvalue weighted by molar-refractivity contribution is 7.98. The first kappa shape index (κ1) is 21.9. The molecule has 0 spiro atoms. The summed E-state index contributed by atoms with van der Waals surface area (Å²) in [6.07, 6.45) is 3.30. The standard InChI is InChI=1S/C16H34N4O2S/c1-8-16(9-2,20-14(21)22-15(3,4)5)12-19-13(17-6)18-10-11-23-7/h8-12H2,1-7H3,(H,20,21)(H2,17,18,19). The van der Waals surface area contributed by atoms with Gasteiger partial charge in [-0.1, -0.05) is 13.8 Å². The molecule has 0 radical (unpaired) electrons. The Morgan fingerprint density at radius 3 is 2.22 bits per heavy atom. The average molecular weight is 347 g/mol. The largest absolute Gasteiger partial charge is 0.444 e. The summed E-state index contributed by atoms with van der Waals surface area (Å²) in [6.45, 7) is 11.2. The molecular weight excluding hydrogens is 312 g/mol. The van der Waals surface area contributed by atoms with Gasteiger partial charge in [-0.05, 0) is 39.9 Å². The van der Waals surface area contributed by atoms with Crippen molar-refractivity contribution in [3.63, 3.8) is 0 Å². The van der Waals surface area contributed by atoms with Crippen LogP contribution in [0.15, 0.2) is 4.99 Å². The van der Waals surface area contributed by atoms with Gasteiger partial charge in [0.1, 0.15) is 5.60 Å². The van der Waals surface area contributed by atoms with E-state index in [1.807, 2.05) is 20.8 Å². The Labute approximate surface area is 145 Å². The number of alkyl carbamates (subject to hydrolysis) is 1. The Morgan fingerprint density at radius 1 is 1.17 bits per heavy atom. The number of nitrogens with one attached hydrogen (secondary N) is 3. The quantitative estimate of drug-likeness (QED) is 0.358. The summed E-state index contributed by atoms with van der Waals surface area (Å²) >= 11 is 1.78. The molecule has 0 unspecified atom stereocenters. The lowest BCUT2D eigenvalue weighted by molar-refractivity contribution is 0.0448. The molecule has 0 rings (SSSR count). The SMILES string of the molecule is CCC(CC)(CNC(=NC)NCCSC)NC(=O)OC(C)(C)C. The summed E-state index contributed by atoms with van der Waals surface area (Å²) in [5.41, 5.74) is -0.862. The summed E-state index contributed by atoms with van der Waals surface area (Å²) < 4.78 is 5.38. The van der Waals surface area contributed by atoms with E-state index in [0.717, 1.165) is 31.1 Å². The Balaban J connectivity index is 4.66. The van der Waals surface area contributed by atoms with Crippen LogP contribution in [0.2, 0.25) is 0 Å². The minimum atomic E-state index is -0.500. The number of amides is 1. The number of nitrogens with zero attached hydrogens (tertiary/aromatic N) is 1. The van der Waals surface area contributed by atoms with Crippen molar-refractivity contribution >= 4 is 23.8 Å². The molecule has 0 atom stereocenters. The minimum absolute atomic E-state index is 0.362. The number of aliphatic imine (C=N–C) groups is 1. The number of carbonyl (C=O) groups is 1. The zero-order valence-corrected chi connectivity index (χ0v) is 16.5. The number of hydrogen-bond donors (Lipinski definition) is 3. The van der Waals surface area contributed by atoms with Gasteiger partial charge in [0.2, 0.25) is 0 Å². The van der Waals surface area contributed by atoms with Crippen molar-refractivity contribution in [2.45, 2.75) is 58.6 Å². The zero-order valence-electron chi connectivity index (χ0n) is 15.7. The van der Waals surface area contributed by atoms with Gasteiger partial charge in [-0.15, -0.1) is 0 Å². The molecule has 1 amide bonds. The molecule has 0 aliphatic carbocycles. The topological polar surface area (TPSA) is 74.8 Å². The molecule has 0 heterocycles. The predicted molar refractivity (Wildman–Crippen MR) is 100 cm³/mol. The molecule has 136 valence electrons. The second-order valence-corrected chi connectivity index (χ2v) is 7.45. The van der Waals surface area contributed by atoms with Gasteiger partial charge in [0, 0.05) is 25.9 Å². The molecule has 23 heavy (non-hydrogen) atoms. The van der Waals surface area contributed by atoms with E-state index in [2.05, 4.69) is 41.0 Å². The van der Waals surface area contributed by atoms with Crippen LogP contribution < -0.4 is 16.0 Å². The molecule has 0 bridgehead atoms. The highest BCUT2D eigenvalue weighted by Crippen LogP contribution is 2.16. The fraction of sp³-hybridized carbons (Fsp3) is 0.875. The van der Waals surface area contributed by atoms with Crippen LogP contribution in [-0.4, -0.2) is 55.3 Å². The number of guanidine groups is 1. The van der Waals surface area contributed by atoms with E-state index in [-0.39, 0.29) is 11.6 Å². The second kappa shape index (κ2) is 10.6. The van der Waals surface area contributed by atoms with Crippen molar-refractivity contribution in [3.05, 3.63) is 0 Å². The van der Waals surface area contributed by atoms with Crippen LogP contribution in [0.5, 0.6) is 0 Å². The number of rotatable bonds is 8. The molecule has 0 aromatic rings. The van der Waals surface area contributed by atoms with Crippen LogP contribution >= 0.6 is 11.8 Å². The van der Waals surface area contributed by atoms with Gasteiger partial charge in [-0.3, -0.25) is 4.99 Å². The molecule has 0 aromatic carbocycles. The lowest BCUT2D eigenvalue weighted by Crippen LogP contribution is -2.57. The van der Waals surface area contributed by atoms with Crippen molar-refractivity contribution in [1.82, 2.24) is 16.0 Å². The van der Waals surface area contributed by atoms with Crippen molar-refractivity contribution in [2.75, 3.05) is 32.1 Å². The summed E-state index contributed by atoms with van der Waals surface area (Å²) in [5.74, 6) is 1.76. The van der Waals surface area contributed by atoms with Crippen LogP contribution in [0.4, 0.5) is 4.79 Å². The van der Waals surface area contributed by atoms with E-state index < -0.39 is 5.60 Å². The third-order valence-electron chi connectivity index (χ3n) is 3.54. The molecule has 7 heteroatoms. The number of carbonyl (C=O) groups excluding carboxylic acids is 1. The molecule has 0 aromatic heterocycles. The molecule has 6 nitrogen and oxygen atoms in total. The van der Waals surface area contributed by atoms with Crippen LogP contribution in [0.3, 0.4) is 0 Å². The summed E-state index contributed by atoms with van der Waals surface area (Å²) in [5, 5.41) is 9.58. The van der Waals surface area contributed by atoms with Gasteiger partial charge >= 0.3 is 6.09 Å². The van der Waals surface area contributed by atoms with E-state index in [4.69, 9.17) is 4.74 Å². The van der Waals surface area contributed by atoms with Gasteiger partial charge < -0.3 is 20.7 Å². The summed E-state index contributed by atoms with van der Waals surface area (Å²) in [4.78, 5) is 16.3. The average Bonchev–Trinajstić information content (AvgIpc) is 2.47.